The van der Waals surface area contributed by atoms with Crippen molar-refractivity contribution in [2.75, 3.05) is 6.26 Å². The van der Waals surface area contributed by atoms with E-state index in [0.29, 0.717) is 23.0 Å². The number of rotatable bonds is 7. The molecule has 0 saturated carbocycles. The molecule has 3 rings (SSSR count). The first-order valence-corrected chi connectivity index (χ1v) is 11.4. The van der Waals surface area contributed by atoms with Crippen LogP contribution in [0.5, 0.6) is 0 Å². The van der Waals surface area contributed by atoms with Crippen LogP contribution in [0.3, 0.4) is 0 Å². The molecule has 0 saturated heterocycles. The Morgan fingerprint density at radius 2 is 1.33 bits per heavy atom. The van der Waals surface area contributed by atoms with E-state index in [2.05, 4.69) is 0 Å². The van der Waals surface area contributed by atoms with E-state index in [-0.39, 0.29) is 11.1 Å². The van der Waals surface area contributed by atoms with E-state index < -0.39 is 0 Å². The Labute approximate surface area is 198 Å². The summed E-state index contributed by atoms with van der Waals surface area (Å²) in [6.07, 6.45) is 11.4. The number of hydrogen-bond donors (Lipinski definition) is 0. The van der Waals surface area contributed by atoms with Crippen LogP contribution < -0.4 is 0 Å². The topological polar surface area (TPSA) is 121 Å². The molecule has 0 aromatic carbocycles. The van der Waals surface area contributed by atoms with Crippen LogP contribution in [0.1, 0.15) is 11.5 Å². The van der Waals surface area contributed by atoms with Crippen molar-refractivity contribution in [3.05, 3.63) is 77.3 Å². The van der Waals surface area contributed by atoms with Crippen LogP contribution in [0.4, 0.5) is 0 Å². The first-order chi connectivity index (χ1) is 16.1. The van der Waals surface area contributed by atoms with Gasteiger partial charge in [0.2, 0.25) is 0 Å². The van der Waals surface area contributed by atoms with Gasteiger partial charge in [0, 0.05) is 4.90 Å². The maximum Gasteiger partial charge on any atom is 0.145 e. The van der Waals surface area contributed by atoms with E-state index in [4.69, 9.17) is 29.9 Å². The average Bonchev–Trinajstić information content (AvgIpc) is 3.58. The Morgan fingerprint density at radius 3 is 1.85 bits per heavy atom. The molecule has 6 nitrogen and oxygen atoms in total. The molecule has 3 aromatic rings. The van der Waals surface area contributed by atoms with Gasteiger partial charge in [0.25, 0.3) is 0 Å². The molecule has 0 amide bonds. The molecule has 8 heteroatoms. The monoisotopic (exact) mass is 466 g/mol. The highest BCUT2D eigenvalue weighted by Gasteiger charge is 2.16. The van der Waals surface area contributed by atoms with Crippen molar-refractivity contribution in [1.82, 2.24) is 0 Å². The standard InChI is InChI=1S/C25H14N4O2S2/c1-32-24-12-23(21-10-8-19(30-21)6-2-4-17(13-26)14-27)33-25(24)22-11-9-20(31-22)7-3-5-18(15-28)16-29/h2-12H,1H3/b6-2+,7-3+. The number of nitriles is 4. The van der Waals surface area contributed by atoms with Crippen LogP contribution in [0.15, 0.2) is 79.5 Å². The maximum atomic E-state index is 8.78. The summed E-state index contributed by atoms with van der Waals surface area (Å²) < 4.78 is 11.8. The number of furan rings is 2. The highest BCUT2D eigenvalue weighted by atomic mass is 32.2. The van der Waals surface area contributed by atoms with Crippen molar-refractivity contribution in [2.24, 2.45) is 0 Å². The van der Waals surface area contributed by atoms with Crippen LogP contribution in [0, 0.1) is 45.3 Å². The minimum absolute atomic E-state index is 0.0183. The number of nitrogens with zero attached hydrogens (tertiary/aromatic N) is 4. The molecule has 3 heterocycles. The van der Waals surface area contributed by atoms with Crippen molar-refractivity contribution < 1.29 is 8.83 Å². The zero-order valence-electron chi connectivity index (χ0n) is 17.3. The minimum atomic E-state index is 0.0183. The van der Waals surface area contributed by atoms with E-state index in [1.807, 2.05) is 36.6 Å². The minimum Gasteiger partial charge on any atom is -0.456 e. The lowest BCUT2D eigenvalue weighted by atomic mass is 10.3. The first kappa shape index (κ1) is 23.2. The van der Waals surface area contributed by atoms with Crippen LogP contribution in [0.2, 0.25) is 0 Å². The van der Waals surface area contributed by atoms with Crippen LogP contribution in [0.25, 0.3) is 33.4 Å². The van der Waals surface area contributed by atoms with Gasteiger partial charge in [-0.25, -0.2) is 0 Å². The predicted molar refractivity (Wildman–Crippen MR) is 128 cm³/mol. The molecule has 0 spiro atoms. The molecule has 158 valence electrons. The normalized spacial score (nSPS) is 10.3. The van der Waals surface area contributed by atoms with Crippen LogP contribution >= 0.6 is 23.1 Å². The highest BCUT2D eigenvalue weighted by Crippen LogP contribution is 2.43. The molecule has 0 aliphatic rings. The SMILES string of the molecule is CSc1cc(-c2ccc(/C=C/C=C(C#N)C#N)o2)sc1-c1ccc(/C=C/C=C(C#N)C#N)o1. The summed E-state index contributed by atoms with van der Waals surface area (Å²) in [5, 5.41) is 35.1. The van der Waals surface area contributed by atoms with Gasteiger partial charge >= 0.3 is 0 Å². The Kier molecular flexibility index (Phi) is 7.90. The van der Waals surface area contributed by atoms with Crippen LogP contribution in [-0.2, 0) is 0 Å². The van der Waals surface area contributed by atoms with E-state index in [0.717, 1.165) is 14.6 Å². The maximum absolute atomic E-state index is 8.78. The largest absolute Gasteiger partial charge is 0.456 e. The van der Waals surface area contributed by atoms with Gasteiger partial charge in [-0.2, -0.15) is 21.0 Å². The molecule has 33 heavy (non-hydrogen) atoms. The molecular formula is C25H14N4O2S2. The molecule has 0 aliphatic carbocycles. The summed E-state index contributed by atoms with van der Waals surface area (Å²) in [6, 6.07) is 16.6. The van der Waals surface area contributed by atoms with E-state index in [9.17, 15) is 0 Å². The third kappa shape index (κ3) is 5.82. The van der Waals surface area contributed by atoms with Gasteiger partial charge < -0.3 is 8.83 Å². The lowest BCUT2D eigenvalue weighted by Crippen LogP contribution is -1.69. The van der Waals surface area contributed by atoms with Gasteiger partial charge in [-0.3, -0.25) is 0 Å². The summed E-state index contributed by atoms with van der Waals surface area (Å²) in [5.74, 6) is 2.61. The Hall–Kier alpha value is -4.47. The van der Waals surface area contributed by atoms with Gasteiger partial charge in [0.05, 0.1) is 9.75 Å². The third-order valence-corrected chi connectivity index (χ3v) is 6.22. The van der Waals surface area contributed by atoms with Crippen molar-refractivity contribution in [1.29, 1.82) is 21.0 Å². The smallest absolute Gasteiger partial charge is 0.145 e. The molecule has 0 radical (unpaired) electrons. The zero-order chi connectivity index (χ0) is 23.6. The van der Waals surface area contributed by atoms with Gasteiger partial charge in [0.15, 0.2) is 0 Å². The molecular weight excluding hydrogens is 452 g/mol. The van der Waals surface area contributed by atoms with E-state index >= 15 is 0 Å². The van der Waals surface area contributed by atoms with Gasteiger partial charge in [-0.05, 0) is 60.9 Å². The number of hydrogen-bond acceptors (Lipinski definition) is 8. The molecule has 0 bridgehead atoms. The summed E-state index contributed by atoms with van der Waals surface area (Å²) in [6.45, 7) is 0. The predicted octanol–water partition coefficient (Wildman–Crippen LogP) is 6.96. The Bertz CT molecular complexity index is 1420. The zero-order valence-corrected chi connectivity index (χ0v) is 18.9. The summed E-state index contributed by atoms with van der Waals surface area (Å²) in [7, 11) is 0. The second-order valence-electron chi connectivity index (χ2n) is 6.24. The van der Waals surface area contributed by atoms with E-state index in [1.165, 1.54) is 23.5 Å². The lowest BCUT2D eigenvalue weighted by Gasteiger charge is -1.95. The summed E-state index contributed by atoms with van der Waals surface area (Å²) >= 11 is 3.13. The second-order valence-corrected chi connectivity index (χ2v) is 8.14. The van der Waals surface area contributed by atoms with E-state index in [1.54, 1.807) is 60.3 Å². The fourth-order valence-corrected chi connectivity index (χ4v) is 4.58. The first-order valence-electron chi connectivity index (χ1n) is 9.37. The fraction of sp³-hybridized carbons (Fsp3) is 0.0400. The average molecular weight is 467 g/mol. The molecule has 0 N–H and O–H groups in total. The number of allylic oxidation sites excluding steroid dienone is 6. The van der Waals surface area contributed by atoms with Gasteiger partial charge in [-0.15, -0.1) is 23.1 Å². The Balaban J connectivity index is 1.83. The van der Waals surface area contributed by atoms with Crippen molar-refractivity contribution in [2.45, 2.75) is 4.90 Å². The van der Waals surface area contributed by atoms with Gasteiger partial charge in [-0.1, -0.05) is 12.2 Å². The number of thiophene rings is 1. The summed E-state index contributed by atoms with van der Waals surface area (Å²) in [5.41, 5.74) is 0.0367. The summed E-state index contributed by atoms with van der Waals surface area (Å²) in [4.78, 5) is 2.94. The van der Waals surface area contributed by atoms with Crippen molar-refractivity contribution >= 4 is 35.3 Å². The Morgan fingerprint density at radius 1 is 0.818 bits per heavy atom. The molecule has 0 fully saturated rings. The quantitative estimate of drug-likeness (QED) is 0.209. The third-order valence-electron chi connectivity index (χ3n) is 4.17. The second kappa shape index (κ2) is 11.2. The molecule has 0 unspecified atom stereocenters. The lowest BCUT2D eigenvalue weighted by molar-refractivity contribution is 0.572. The fourth-order valence-electron chi connectivity index (χ4n) is 2.64. The van der Waals surface area contributed by atoms with Gasteiger partial charge in [0.1, 0.15) is 58.5 Å². The number of thioether (sulfide) groups is 1. The molecule has 0 atom stereocenters. The molecule has 0 aliphatic heterocycles. The van der Waals surface area contributed by atoms with Crippen molar-refractivity contribution in [3.63, 3.8) is 0 Å². The van der Waals surface area contributed by atoms with Crippen molar-refractivity contribution in [3.8, 4) is 45.6 Å². The molecule has 3 aromatic heterocycles. The van der Waals surface area contributed by atoms with Crippen LogP contribution in [-0.4, -0.2) is 6.26 Å². The highest BCUT2D eigenvalue weighted by molar-refractivity contribution is 7.99.